The Bertz CT molecular complexity index is 417. The molecule has 1 aliphatic rings. The molecule has 17 heavy (non-hydrogen) atoms. The highest BCUT2D eigenvalue weighted by Gasteiger charge is 2.14. The average Bonchev–Trinajstić information content (AvgIpc) is 2.40. The van der Waals surface area contributed by atoms with Gasteiger partial charge in [-0.25, -0.2) is 0 Å². The maximum atomic E-state index is 9.08. The molecule has 2 rings (SSSR count). The van der Waals surface area contributed by atoms with Crippen LogP contribution in [-0.4, -0.2) is 13.2 Å². The summed E-state index contributed by atoms with van der Waals surface area (Å²) in [4.78, 5) is 0. The molecule has 1 saturated carbocycles. The zero-order valence-electron chi connectivity index (χ0n) is 10.2. The van der Waals surface area contributed by atoms with Crippen LogP contribution in [0.3, 0.4) is 0 Å². The molecule has 0 heterocycles. The molecule has 0 bridgehead atoms. The molecule has 0 radical (unpaired) electrons. The van der Waals surface area contributed by atoms with Crippen molar-refractivity contribution in [2.24, 2.45) is 0 Å². The smallest absolute Gasteiger partial charge is 0.121 e. The monoisotopic (exact) mass is 230 g/mol. The molecule has 1 aliphatic carbocycles. The number of ether oxygens (including phenoxy) is 1. The number of benzene rings is 1. The fraction of sp³-hybridized carbons (Fsp3) is 0.500. The lowest BCUT2D eigenvalue weighted by Crippen LogP contribution is -2.22. The third-order valence-electron chi connectivity index (χ3n) is 3.31. The molecule has 1 N–H and O–H groups in total. The lowest BCUT2D eigenvalue weighted by molar-refractivity contribution is 0.414. The van der Waals surface area contributed by atoms with Gasteiger partial charge in [0.1, 0.15) is 11.8 Å². The summed E-state index contributed by atoms with van der Waals surface area (Å²) in [5.74, 6) is 0.794. The van der Waals surface area contributed by atoms with Gasteiger partial charge in [0.25, 0.3) is 0 Å². The van der Waals surface area contributed by atoms with E-state index in [2.05, 4.69) is 11.4 Å². The maximum absolute atomic E-state index is 9.08. The van der Waals surface area contributed by atoms with Gasteiger partial charge < -0.3 is 10.1 Å². The predicted octanol–water partition coefficient (Wildman–Crippen LogP) is 3.31. The molecule has 3 heteroatoms. The second-order valence-corrected chi connectivity index (χ2v) is 4.50. The molecular formula is C14H18N2O. The maximum Gasteiger partial charge on any atom is 0.121 e. The number of nitriles is 1. The van der Waals surface area contributed by atoms with E-state index in [-0.39, 0.29) is 0 Å². The van der Waals surface area contributed by atoms with Crippen molar-refractivity contribution in [2.75, 3.05) is 12.4 Å². The van der Waals surface area contributed by atoms with Gasteiger partial charge in [0.05, 0.1) is 18.4 Å². The average molecular weight is 230 g/mol. The van der Waals surface area contributed by atoms with E-state index in [4.69, 9.17) is 10.00 Å². The Morgan fingerprint density at radius 2 is 2.06 bits per heavy atom. The van der Waals surface area contributed by atoms with Crippen LogP contribution in [0.4, 0.5) is 5.69 Å². The summed E-state index contributed by atoms with van der Waals surface area (Å²) in [6, 6.07) is 8.26. The van der Waals surface area contributed by atoms with Crippen molar-refractivity contribution in [2.45, 2.75) is 38.1 Å². The van der Waals surface area contributed by atoms with Crippen LogP contribution in [0.1, 0.15) is 37.7 Å². The molecule has 1 aromatic rings. The molecule has 1 fully saturated rings. The molecule has 0 saturated heterocycles. The highest BCUT2D eigenvalue weighted by molar-refractivity contribution is 5.60. The lowest BCUT2D eigenvalue weighted by atomic mass is 9.95. The Morgan fingerprint density at radius 3 is 2.71 bits per heavy atom. The van der Waals surface area contributed by atoms with Gasteiger partial charge in [0.15, 0.2) is 0 Å². The first kappa shape index (κ1) is 11.8. The van der Waals surface area contributed by atoms with Gasteiger partial charge in [0.2, 0.25) is 0 Å². The minimum atomic E-state index is 0.503. The van der Waals surface area contributed by atoms with Crippen LogP contribution in [0, 0.1) is 11.3 Å². The summed E-state index contributed by atoms with van der Waals surface area (Å²) in [5, 5.41) is 12.6. The van der Waals surface area contributed by atoms with E-state index in [9.17, 15) is 0 Å². The zero-order valence-corrected chi connectivity index (χ0v) is 10.2. The van der Waals surface area contributed by atoms with E-state index in [1.165, 1.54) is 32.1 Å². The number of nitrogens with zero attached hydrogens (tertiary/aromatic N) is 1. The van der Waals surface area contributed by atoms with E-state index >= 15 is 0 Å². The van der Waals surface area contributed by atoms with Crippen molar-refractivity contribution >= 4 is 5.69 Å². The molecule has 0 unspecified atom stereocenters. The first-order chi connectivity index (χ1) is 8.33. The first-order valence-electron chi connectivity index (χ1n) is 6.18. The summed E-state index contributed by atoms with van der Waals surface area (Å²) in [5.41, 5.74) is 1.59. The van der Waals surface area contributed by atoms with Crippen molar-refractivity contribution in [3.63, 3.8) is 0 Å². The van der Waals surface area contributed by atoms with Crippen molar-refractivity contribution in [3.05, 3.63) is 23.8 Å². The second-order valence-electron chi connectivity index (χ2n) is 4.50. The molecule has 0 atom stereocenters. The Balaban J connectivity index is 2.14. The second kappa shape index (κ2) is 5.58. The van der Waals surface area contributed by atoms with Crippen molar-refractivity contribution < 1.29 is 4.74 Å². The highest BCUT2D eigenvalue weighted by Crippen LogP contribution is 2.26. The third-order valence-corrected chi connectivity index (χ3v) is 3.31. The van der Waals surface area contributed by atoms with Gasteiger partial charge in [-0.05, 0) is 25.0 Å². The lowest BCUT2D eigenvalue weighted by Gasteiger charge is -2.24. The van der Waals surface area contributed by atoms with E-state index < -0.39 is 0 Å². The summed E-state index contributed by atoms with van der Waals surface area (Å²) in [6.07, 6.45) is 6.29. The number of nitrogens with one attached hydrogen (secondary N) is 1. The normalized spacial score (nSPS) is 16.2. The SMILES string of the molecule is COc1ccc(C#N)c(NC2CCCCC2)c1. The zero-order chi connectivity index (χ0) is 12.1. The van der Waals surface area contributed by atoms with E-state index in [0.717, 1.165) is 11.4 Å². The van der Waals surface area contributed by atoms with Gasteiger partial charge >= 0.3 is 0 Å². The first-order valence-corrected chi connectivity index (χ1v) is 6.18. The van der Waals surface area contributed by atoms with Gasteiger partial charge in [-0.2, -0.15) is 5.26 Å². The summed E-state index contributed by atoms with van der Waals surface area (Å²) < 4.78 is 5.19. The molecule has 0 amide bonds. The topological polar surface area (TPSA) is 45.0 Å². The Kier molecular flexibility index (Phi) is 3.87. The number of rotatable bonds is 3. The fourth-order valence-electron chi connectivity index (χ4n) is 2.33. The van der Waals surface area contributed by atoms with Crippen molar-refractivity contribution in [3.8, 4) is 11.8 Å². The molecule has 0 aromatic heterocycles. The van der Waals surface area contributed by atoms with E-state index in [1.54, 1.807) is 7.11 Å². The number of hydrogen-bond donors (Lipinski definition) is 1. The van der Waals surface area contributed by atoms with Crippen molar-refractivity contribution in [1.29, 1.82) is 5.26 Å². The predicted molar refractivity (Wildman–Crippen MR) is 68.2 cm³/mol. The fourth-order valence-corrected chi connectivity index (χ4v) is 2.33. The van der Waals surface area contributed by atoms with Crippen molar-refractivity contribution in [1.82, 2.24) is 0 Å². The largest absolute Gasteiger partial charge is 0.497 e. The quantitative estimate of drug-likeness (QED) is 0.866. The summed E-state index contributed by atoms with van der Waals surface area (Å²) in [6.45, 7) is 0. The van der Waals surface area contributed by atoms with Gasteiger partial charge in [0, 0.05) is 12.1 Å². The van der Waals surface area contributed by atoms with Crippen LogP contribution >= 0.6 is 0 Å². The Hall–Kier alpha value is -1.69. The number of methoxy groups -OCH3 is 1. The van der Waals surface area contributed by atoms with Gasteiger partial charge in [-0.3, -0.25) is 0 Å². The Morgan fingerprint density at radius 1 is 1.29 bits per heavy atom. The van der Waals surface area contributed by atoms with Crippen LogP contribution in [0.5, 0.6) is 5.75 Å². The Labute approximate surface area is 102 Å². The standard InChI is InChI=1S/C14H18N2O/c1-17-13-8-7-11(10-15)14(9-13)16-12-5-3-2-4-6-12/h7-9,12,16H,2-6H2,1H3. The molecular weight excluding hydrogens is 212 g/mol. The molecule has 0 spiro atoms. The van der Waals surface area contributed by atoms with Gasteiger partial charge in [-0.15, -0.1) is 0 Å². The van der Waals surface area contributed by atoms with Crippen LogP contribution in [0.2, 0.25) is 0 Å². The number of hydrogen-bond acceptors (Lipinski definition) is 3. The van der Waals surface area contributed by atoms with Crippen LogP contribution in [-0.2, 0) is 0 Å². The highest BCUT2D eigenvalue weighted by atomic mass is 16.5. The molecule has 0 aliphatic heterocycles. The minimum Gasteiger partial charge on any atom is -0.497 e. The molecule has 90 valence electrons. The summed E-state index contributed by atoms with van der Waals surface area (Å²) in [7, 11) is 1.64. The van der Waals surface area contributed by atoms with Crippen LogP contribution in [0.15, 0.2) is 18.2 Å². The van der Waals surface area contributed by atoms with Crippen LogP contribution < -0.4 is 10.1 Å². The number of anilines is 1. The van der Waals surface area contributed by atoms with E-state index in [1.807, 2.05) is 18.2 Å². The van der Waals surface area contributed by atoms with E-state index in [0.29, 0.717) is 11.6 Å². The molecule has 1 aromatic carbocycles. The van der Waals surface area contributed by atoms with Crippen LogP contribution in [0.25, 0.3) is 0 Å². The third kappa shape index (κ3) is 2.91. The summed E-state index contributed by atoms with van der Waals surface area (Å²) >= 11 is 0. The molecule has 3 nitrogen and oxygen atoms in total. The van der Waals surface area contributed by atoms with Gasteiger partial charge in [-0.1, -0.05) is 19.3 Å². The minimum absolute atomic E-state index is 0.503.